The van der Waals surface area contributed by atoms with Gasteiger partial charge in [-0.25, -0.2) is 0 Å². The molecule has 0 aromatic rings. The van der Waals surface area contributed by atoms with Gasteiger partial charge in [-0.15, -0.1) is 0 Å². The van der Waals surface area contributed by atoms with Crippen molar-refractivity contribution in [2.75, 3.05) is 13.7 Å². The molecule has 4 nitrogen and oxygen atoms in total. The van der Waals surface area contributed by atoms with E-state index in [1.54, 1.807) is 7.11 Å². The number of hydrogen-bond donors (Lipinski definition) is 2. The minimum Gasteiger partial charge on any atom is -0.379 e. The second-order valence-corrected chi connectivity index (χ2v) is 4.96. The van der Waals surface area contributed by atoms with Gasteiger partial charge in [0.1, 0.15) is 0 Å². The van der Waals surface area contributed by atoms with Crippen molar-refractivity contribution in [2.45, 2.75) is 50.8 Å². The van der Waals surface area contributed by atoms with Crippen molar-refractivity contribution in [3.8, 4) is 0 Å². The van der Waals surface area contributed by atoms with Crippen molar-refractivity contribution in [3.63, 3.8) is 0 Å². The minimum absolute atomic E-state index is 0.137. The van der Waals surface area contributed by atoms with Crippen LogP contribution in [-0.4, -0.2) is 37.7 Å². The summed E-state index contributed by atoms with van der Waals surface area (Å²) in [6.07, 6.45) is 4.45. The van der Waals surface area contributed by atoms with E-state index in [1.807, 2.05) is 0 Å². The SMILES string of the molecule is COC1CCCC1NC(=O)C1CCNC1C. The zero-order valence-corrected chi connectivity index (χ0v) is 10.2. The Balaban J connectivity index is 1.86. The molecule has 1 aliphatic heterocycles. The van der Waals surface area contributed by atoms with Crippen molar-refractivity contribution >= 4 is 5.91 Å². The Hall–Kier alpha value is -0.610. The Morgan fingerprint density at radius 3 is 2.81 bits per heavy atom. The predicted molar refractivity (Wildman–Crippen MR) is 62.2 cm³/mol. The summed E-state index contributed by atoms with van der Waals surface area (Å²) in [6.45, 7) is 3.04. The van der Waals surface area contributed by atoms with Crippen LogP contribution >= 0.6 is 0 Å². The highest BCUT2D eigenvalue weighted by Gasteiger charge is 2.34. The molecule has 1 saturated heterocycles. The number of amides is 1. The summed E-state index contributed by atoms with van der Waals surface area (Å²) >= 11 is 0. The van der Waals surface area contributed by atoms with Crippen molar-refractivity contribution in [1.82, 2.24) is 10.6 Å². The molecule has 0 radical (unpaired) electrons. The summed E-state index contributed by atoms with van der Waals surface area (Å²) in [7, 11) is 1.73. The highest BCUT2D eigenvalue weighted by atomic mass is 16.5. The lowest BCUT2D eigenvalue weighted by atomic mass is 10.0. The molecule has 2 rings (SSSR count). The van der Waals surface area contributed by atoms with E-state index in [2.05, 4.69) is 17.6 Å². The Morgan fingerprint density at radius 2 is 2.19 bits per heavy atom. The lowest BCUT2D eigenvalue weighted by Crippen LogP contribution is -2.45. The molecule has 1 saturated carbocycles. The van der Waals surface area contributed by atoms with Crippen LogP contribution in [0.25, 0.3) is 0 Å². The average Bonchev–Trinajstić information content (AvgIpc) is 2.86. The third-order valence-corrected chi connectivity index (χ3v) is 3.94. The molecular formula is C12H22N2O2. The smallest absolute Gasteiger partial charge is 0.225 e. The lowest BCUT2D eigenvalue weighted by Gasteiger charge is -2.23. The fourth-order valence-corrected chi connectivity index (χ4v) is 2.88. The zero-order valence-electron chi connectivity index (χ0n) is 10.2. The molecule has 2 fully saturated rings. The number of carbonyl (C=O) groups is 1. The first-order valence-electron chi connectivity index (χ1n) is 6.29. The van der Waals surface area contributed by atoms with E-state index in [4.69, 9.17) is 4.74 Å². The summed E-state index contributed by atoms with van der Waals surface area (Å²) in [4.78, 5) is 12.1. The second-order valence-electron chi connectivity index (χ2n) is 4.96. The normalized spacial score (nSPS) is 38.9. The molecule has 4 heteroatoms. The second kappa shape index (κ2) is 5.15. The van der Waals surface area contributed by atoms with Gasteiger partial charge in [0.15, 0.2) is 0 Å². The van der Waals surface area contributed by atoms with Gasteiger partial charge in [-0.2, -0.15) is 0 Å². The van der Waals surface area contributed by atoms with E-state index in [1.165, 1.54) is 0 Å². The maximum atomic E-state index is 12.1. The maximum Gasteiger partial charge on any atom is 0.225 e. The van der Waals surface area contributed by atoms with E-state index in [-0.39, 0.29) is 24.0 Å². The summed E-state index contributed by atoms with van der Waals surface area (Å²) < 4.78 is 5.38. The average molecular weight is 226 g/mol. The number of methoxy groups -OCH3 is 1. The van der Waals surface area contributed by atoms with Gasteiger partial charge < -0.3 is 15.4 Å². The first-order valence-corrected chi connectivity index (χ1v) is 6.29. The van der Waals surface area contributed by atoms with E-state index in [0.29, 0.717) is 6.04 Å². The molecule has 2 N–H and O–H groups in total. The molecule has 4 unspecified atom stereocenters. The van der Waals surface area contributed by atoms with Gasteiger partial charge in [0.25, 0.3) is 0 Å². The Morgan fingerprint density at radius 1 is 1.38 bits per heavy atom. The van der Waals surface area contributed by atoms with Crippen molar-refractivity contribution < 1.29 is 9.53 Å². The standard InChI is InChI=1S/C12H22N2O2/c1-8-9(6-7-13-8)12(15)14-10-4-3-5-11(10)16-2/h8-11,13H,3-7H2,1-2H3,(H,14,15). The first kappa shape index (κ1) is 11.9. The third-order valence-electron chi connectivity index (χ3n) is 3.94. The minimum atomic E-state index is 0.137. The predicted octanol–water partition coefficient (Wildman–Crippen LogP) is 0.668. The van der Waals surface area contributed by atoms with E-state index >= 15 is 0 Å². The fraction of sp³-hybridized carbons (Fsp3) is 0.917. The van der Waals surface area contributed by atoms with E-state index in [9.17, 15) is 4.79 Å². The number of hydrogen-bond acceptors (Lipinski definition) is 3. The Kier molecular flexibility index (Phi) is 3.82. The highest BCUT2D eigenvalue weighted by Crippen LogP contribution is 2.23. The van der Waals surface area contributed by atoms with Crippen LogP contribution in [0, 0.1) is 5.92 Å². The molecule has 1 aliphatic carbocycles. The molecular weight excluding hydrogens is 204 g/mol. The first-order chi connectivity index (χ1) is 7.72. The summed E-state index contributed by atoms with van der Waals surface area (Å²) in [5.74, 6) is 0.338. The molecule has 0 bridgehead atoms. The maximum absolute atomic E-state index is 12.1. The molecule has 0 spiro atoms. The van der Waals surface area contributed by atoms with Crippen molar-refractivity contribution in [2.24, 2.45) is 5.92 Å². The van der Waals surface area contributed by atoms with Gasteiger partial charge in [-0.3, -0.25) is 4.79 Å². The van der Waals surface area contributed by atoms with Crippen LogP contribution in [-0.2, 0) is 9.53 Å². The topological polar surface area (TPSA) is 50.4 Å². The zero-order chi connectivity index (χ0) is 11.5. The van der Waals surface area contributed by atoms with Crippen LogP contribution in [0.4, 0.5) is 0 Å². The number of carbonyl (C=O) groups excluding carboxylic acids is 1. The molecule has 0 aromatic carbocycles. The van der Waals surface area contributed by atoms with Crippen molar-refractivity contribution in [3.05, 3.63) is 0 Å². The molecule has 16 heavy (non-hydrogen) atoms. The fourth-order valence-electron chi connectivity index (χ4n) is 2.88. The van der Waals surface area contributed by atoms with Crippen LogP contribution in [0.5, 0.6) is 0 Å². The van der Waals surface area contributed by atoms with Gasteiger partial charge in [0.2, 0.25) is 5.91 Å². The van der Waals surface area contributed by atoms with Gasteiger partial charge in [0.05, 0.1) is 18.1 Å². The van der Waals surface area contributed by atoms with Crippen LogP contribution < -0.4 is 10.6 Å². The summed E-state index contributed by atoms with van der Waals surface area (Å²) in [5, 5.41) is 6.46. The van der Waals surface area contributed by atoms with Gasteiger partial charge in [-0.1, -0.05) is 0 Å². The van der Waals surface area contributed by atoms with Gasteiger partial charge in [-0.05, 0) is 39.2 Å². The monoisotopic (exact) mass is 226 g/mol. The number of ether oxygens (including phenoxy) is 1. The third kappa shape index (κ3) is 2.38. The molecule has 1 amide bonds. The Bertz CT molecular complexity index is 257. The number of rotatable bonds is 3. The molecule has 1 heterocycles. The van der Waals surface area contributed by atoms with E-state index in [0.717, 1.165) is 32.2 Å². The van der Waals surface area contributed by atoms with Crippen LogP contribution in [0.2, 0.25) is 0 Å². The van der Waals surface area contributed by atoms with Crippen LogP contribution in [0.15, 0.2) is 0 Å². The van der Waals surface area contributed by atoms with Crippen LogP contribution in [0.1, 0.15) is 32.6 Å². The summed E-state index contributed by atoms with van der Waals surface area (Å²) in [5.41, 5.74) is 0. The van der Waals surface area contributed by atoms with Gasteiger partial charge >= 0.3 is 0 Å². The van der Waals surface area contributed by atoms with Gasteiger partial charge in [0, 0.05) is 13.2 Å². The lowest BCUT2D eigenvalue weighted by molar-refractivity contribution is -0.126. The highest BCUT2D eigenvalue weighted by molar-refractivity contribution is 5.80. The van der Waals surface area contributed by atoms with Crippen LogP contribution in [0.3, 0.4) is 0 Å². The Labute approximate surface area is 97.1 Å². The largest absolute Gasteiger partial charge is 0.379 e. The number of nitrogens with one attached hydrogen (secondary N) is 2. The molecule has 92 valence electrons. The summed E-state index contributed by atoms with van der Waals surface area (Å²) in [6, 6.07) is 0.535. The van der Waals surface area contributed by atoms with Crippen molar-refractivity contribution in [1.29, 1.82) is 0 Å². The van der Waals surface area contributed by atoms with E-state index < -0.39 is 0 Å². The molecule has 2 aliphatic rings. The molecule has 0 aromatic heterocycles. The quantitative estimate of drug-likeness (QED) is 0.743. The molecule has 4 atom stereocenters.